The third-order valence-corrected chi connectivity index (χ3v) is 1.47. The maximum atomic E-state index is 12.7. The van der Waals surface area contributed by atoms with Crippen LogP contribution < -0.4 is 0 Å². The highest BCUT2D eigenvalue weighted by Crippen LogP contribution is 2.20. The van der Waals surface area contributed by atoms with Gasteiger partial charge in [0, 0.05) is 11.8 Å². The van der Waals surface area contributed by atoms with Crippen molar-refractivity contribution in [2.45, 2.75) is 12.3 Å². The van der Waals surface area contributed by atoms with Crippen LogP contribution in [0.4, 0.5) is 4.39 Å². The second-order valence-corrected chi connectivity index (χ2v) is 2.67. The van der Waals surface area contributed by atoms with Gasteiger partial charge in [0.15, 0.2) is 0 Å². The number of nitrogens with zero attached hydrogens (tertiary/aromatic N) is 1. The summed E-state index contributed by atoms with van der Waals surface area (Å²) in [7, 11) is 0. The Labute approximate surface area is 63.8 Å². The first-order valence-electron chi connectivity index (χ1n) is 2.95. The molecule has 0 radical (unpaired) electrons. The summed E-state index contributed by atoms with van der Waals surface area (Å²) >= 11 is 5.64. The number of halogens is 2. The van der Waals surface area contributed by atoms with Gasteiger partial charge in [0.1, 0.15) is 5.82 Å². The molecule has 1 heterocycles. The van der Waals surface area contributed by atoms with Crippen molar-refractivity contribution in [2.24, 2.45) is 0 Å². The van der Waals surface area contributed by atoms with Gasteiger partial charge in [-0.2, -0.15) is 0 Å². The van der Waals surface area contributed by atoms with E-state index in [9.17, 15) is 4.39 Å². The minimum Gasteiger partial charge on any atom is -0.262 e. The lowest BCUT2D eigenvalue weighted by Crippen LogP contribution is -1.90. The van der Waals surface area contributed by atoms with Crippen LogP contribution in [0.2, 0.25) is 0 Å². The van der Waals surface area contributed by atoms with Crippen LogP contribution >= 0.6 is 11.6 Å². The van der Waals surface area contributed by atoms with Crippen LogP contribution in [0.25, 0.3) is 0 Å². The van der Waals surface area contributed by atoms with Gasteiger partial charge in [-0.05, 0) is 13.0 Å². The molecule has 3 heteroatoms. The van der Waals surface area contributed by atoms with E-state index in [4.69, 9.17) is 11.6 Å². The molecule has 1 aromatic heterocycles. The van der Waals surface area contributed by atoms with Crippen LogP contribution in [0.15, 0.2) is 18.5 Å². The monoisotopic (exact) mass is 159 g/mol. The van der Waals surface area contributed by atoms with E-state index in [1.807, 2.05) is 0 Å². The van der Waals surface area contributed by atoms with Crippen molar-refractivity contribution in [3.8, 4) is 0 Å². The van der Waals surface area contributed by atoms with Crippen molar-refractivity contribution in [2.75, 3.05) is 0 Å². The van der Waals surface area contributed by atoms with Gasteiger partial charge in [0.05, 0.1) is 11.6 Å². The predicted molar refractivity (Wildman–Crippen MR) is 38.5 cm³/mol. The molecule has 0 aliphatic rings. The molecule has 0 N–H and O–H groups in total. The Balaban J connectivity index is 3.03. The molecular formula is C7H7ClFN. The van der Waals surface area contributed by atoms with E-state index in [0.717, 1.165) is 6.20 Å². The second kappa shape index (κ2) is 2.97. The summed E-state index contributed by atoms with van der Waals surface area (Å²) in [6, 6.07) is 1.58. The van der Waals surface area contributed by atoms with Crippen LogP contribution in [0.1, 0.15) is 17.9 Å². The van der Waals surface area contributed by atoms with Gasteiger partial charge < -0.3 is 0 Å². The summed E-state index contributed by atoms with van der Waals surface area (Å²) in [4.78, 5) is 3.59. The van der Waals surface area contributed by atoms with Crippen molar-refractivity contribution in [3.05, 3.63) is 29.8 Å². The predicted octanol–water partition coefficient (Wildman–Crippen LogP) is 2.52. The molecule has 1 atom stereocenters. The van der Waals surface area contributed by atoms with Gasteiger partial charge in [-0.3, -0.25) is 4.98 Å². The molecule has 0 saturated heterocycles. The summed E-state index contributed by atoms with van der Waals surface area (Å²) < 4.78 is 12.7. The first-order chi connectivity index (χ1) is 4.72. The zero-order valence-electron chi connectivity index (χ0n) is 5.51. The van der Waals surface area contributed by atoms with Gasteiger partial charge in [-0.25, -0.2) is 4.39 Å². The average Bonchev–Trinajstić information content (AvgIpc) is 1.88. The normalized spacial score (nSPS) is 13.1. The van der Waals surface area contributed by atoms with Gasteiger partial charge in [0.2, 0.25) is 0 Å². The van der Waals surface area contributed by atoms with Crippen LogP contribution in [0.3, 0.4) is 0 Å². The molecule has 0 bridgehead atoms. The highest BCUT2D eigenvalue weighted by Gasteiger charge is 2.05. The van der Waals surface area contributed by atoms with Gasteiger partial charge in [-0.15, -0.1) is 11.6 Å². The highest BCUT2D eigenvalue weighted by atomic mass is 35.5. The standard InChI is InChI=1S/C7H7ClFN/c1-5(8)6-2-3-10-4-7(6)9/h2-5H,1H3. The van der Waals surface area contributed by atoms with Gasteiger partial charge >= 0.3 is 0 Å². The Hall–Kier alpha value is -0.630. The average molecular weight is 160 g/mol. The Morgan fingerprint density at radius 1 is 1.70 bits per heavy atom. The molecule has 0 aliphatic carbocycles. The number of pyridine rings is 1. The maximum Gasteiger partial charge on any atom is 0.146 e. The second-order valence-electron chi connectivity index (χ2n) is 2.01. The molecule has 0 spiro atoms. The molecule has 1 rings (SSSR count). The van der Waals surface area contributed by atoms with E-state index < -0.39 is 0 Å². The largest absolute Gasteiger partial charge is 0.262 e. The minimum atomic E-state index is -0.343. The van der Waals surface area contributed by atoms with Gasteiger partial charge in [0.25, 0.3) is 0 Å². The number of alkyl halides is 1. The molecule has 1 unspecified atom stereocenters. The van der Waals surface area contributed by atoms with E-state index >= 15 is 0 Å². The topological polar surface area (TPSA) is 12.9 Å². The van der Waals surface area contributed by atoms with Crippen LogP contribution in [-0.2, 0) is 0 Å². The third-order valence-electron chi connectivity index (χ3n) is 1.23. The van der Waals surface area contributed by atoms with Crippen LogP contribution in [0.5, 0.6) is 0 Å². The minimum absolute atomic E-state index is 0.289. The quantitative estimate of drug-likeness (QED) is 0.574. The lowest BCUT2D eigenvalue weighted by Gasteiger charge is -2.01. The fraction of sp³-hybridized carbons (Fsp3) is 0.286. The lowest BCUT2D eigenvalue weighted by atomic mass is 10.2. The van der Waals surface area contributed by atoms with E-state index in [1.165, 1.54) is 6.20 Å². The van der Waals surface area contributed by atoms with Crippen molar-refractivity contribution < 1.29 is 4.39 Å². The molecule has 0 amide bonds. The summed E-state index contributed by atoms with van der Waals surface area (Å²) in [5.74, 6) is -0.343. The van der Waals surface area contributed by atoms with Crippen molar-refractivity contribution in [1.82, 2.24) is 4.98 Å². The molecule has 0 aliphatic heterocycles. The smallest absolute Gasteiger partial charge is 0.146 e. The number of hydrogen-bond donors (Lipinski definition) is 0. The van der Waals surface area contributed by atoms with Crippen molar-refractivity contribution in [3.63, 3.8) is 0 Å². The SMILES string of the molecule is CC(Cl)c1ccncc1F. The molecule has 0 aromatic carbocycles. The van der Waals surface area contributed by atoms with E-state index in [2.05, 4.69) is 4.98 Å². The zero-order valence-corrected chi connectivity index (χ0v) is 6.27. The lowest BCUT2D eigenvalue weighted by molar-refractivity contribution is 0.603. The molecule has 54 valence electrons. The van der Waals surface area contributed by atoms with Crippen LogP contribution in [0, 0.1) is 5.82 Å². The summed E-state index contributed by atoms with van der Waals surface area (Å²) in [6.07, 6.45) is 2.69. The van der Waals surface area contributed by atoms with E-state index in [1.54, 1.807) is 13.0 Å². The Kier molecular flexibility index (Phi) is 2.22. The Bertz CT molecular complexity index is 225. The molecule has 0 saturated carbocycles. The van der Waals surface area contributed by atoms with Crippen molar-refractivity contribution >= 4 is 11.6 Å². The summed E-state index contributed by atoms with van der Waals surface area (Å²) in [5, 5.41) is -0.289. The van der Waals surface area contributed by atoms with Gasteiger partial charge in [-0.1, -0.05) is 0 Å². The van der Waals surface area contributed by atoms with Crippen LogP contribution in [-0.4, -0.2) is 4.98 Å². The molecule has 0 fully saturated rings. The Morgan fingerprint density at radius 3 is 2.80 bits per heavy atom. The summed E-state index contributed by atoms with van der Waals surface area (Å²) in [5.41, 5.74) is 0.497. The zero-order chi connectivity index (χ0) is 7.56. The molecule has 1 aromatic rings. The summed E-state index contributed by atoms with van der Waals surface area (Å²) in [6.45, 7) is 1.72. The third kappa shape index (κ3) is 1.45. The first-order valence-corrected chi connectivity index (χ1v) is 3.39. The fourth-order valence-corrected chi connectivity index (χ4v) is 0.886. The van der Waals surface area contributed by atoms with E-state index in [0.29, 0.717) is 5.56 Å². The molecule has 10 heavy (non-hydrogen) atoms. The molecular weight excluding hydrogens is 153 g/mol. The first kappa shape index (κ1) is 7.48. The number of aromatic nitrogens is 1. The fourth-order valence-electron chi connectivity index (χ4n) is 0.709. The van der Waals surface area contributed by atoms with E-state index in [-0.39, 0.29) is 11.2 Å². The Morgan fingerprint density at radius 2 is 2.40 bits per heavy atom. The number of hydrogen-bond acceptors (Lipinski definition) is 1. The highest BCUT2D eigenvalue weighted by molar-refractivity contribution is 6.20. The number of rotatable bonds is 1. The van der Waals surface area contributed by atoms with Crippen molar-refractivity contribution in [1.29, 1.82) is 0 Å². The molecule has 1 nitrogen and oxygen atoms in total. The maximum absolute atomic E-state index is 12.7.